The van der Waals surface area contributed by atoms with E-state index in [1.165, 1.54) is 7.11 Å². The monoisotopic (exact) mass is 416 g/mol. The number of ether oxygens (including phenoxy) is 2. The van der Waals surface area contributed by atoms with Crippen LogP contribution in [0.15, 0.2) is 67.3 Å². The van der Waals surface area contributed by atoms with Crippen molar-refractivity contribution in [2.75, 3.05) is 19.0 Å². The van der Waals surface area contributed by atoms with Gasteiger partial charge in [0.2, 0.25) is 0 Å². The summed E-state index contributed by atoms with van der Waals surface area (Å²) in [6.45, 7) is 8.95. The number of benzene rings is 2. The molecule has 1 aromatic heterocycles. The van der Waals surface area contributed by atoms with E-state index in [0.717, 1.165) is 52.1 Å². The molecule has 0 amide bonds. The molecule has 1 aliphatic heterocycles. The van der Waals surface area contributed by atoms with Crippen LogP contribution in [-0.4, -0.2) is 24.7 Å². The zero-order chi connectivity index (χ0) is 22.2. The Morgan fingerprint density at radius 1 is 1.13 bits per heavy atom. The van der Waals surface area contributed by atoms with Gasteiger partial charge in [0.1, 0.15) is 11.5 Å². The molecule has 0 bridgehead atoms. The summed E-state index contributed by atoms with van der Waals surface area (Å²) in [6, 6.07) is 17.1. The Kier molecular flexibility index (Phi) is 7.44. The van der Waals surface area contributed by atoms with Crippen LogP contribution in [0, 0.1) is 0 Å². The summed E-state index contributed by atoms with van der Waals surface area (Å²) < 4.78 is 10.6. The number of anilines is 1. The van der Waals surface area contributed by atoms with E-state index in [4.69, 9.17) is 14.5 Å². The minimum absolute atomic E-state index is 0.360. The Hall–Kier alpha value is -3.60. The summed E-state index contributed by atoms with van der Waals surface area (Å²) in [6.07, 6.45) is 4.11. The molecule has 2 heterocycles. The first-order chi connectivity index (χ1) is 15.2. The molecule has 0 aliphatic carbocycles. The first kappa shape index (κ1) is 22.1. The first-order valence-electron chi connectivity index (χ1n) is 10.5. The Balaban J connectivity index is 0.00000132. The van der Waals surface area contributed by atoms with Crippen molar-refractivity contribution in [1.82, 2.24) is 4.98 Å². The Morgan fingerprint density at radius 3 is 2.55 bits per heavy atom. The number of allylic oxidation sites excluding steroid dienone is 1. The summed E-state index contributed by atoms with van der Waals surface area (Å²) >= 11 is 0. The van der Waals surface area contributed by atoms with Crippen LogP contribution in [-0.2, 0) is 9.47 Å². The second-order valence-electron chi connectivity index (χ2n) is 6.80. The maximum atomic E-state index is 11.6. The lowest BCUT2D eigenvalue weighted by molar-refractivity contribution is 0.0601. The summed E-state index contributed by atoms with van der Waals surface area (Å²) in [4.78, 5) is 16.4. The van der Waals surface area contributed by atoms with E-state index in [2.05, 4.69) is 18.0 Å². The van der Waals surface area contributed by atoms with Crippen LogP contribution in [0.5, 0.6) is 0 Å². The average molecular weight is 417 g/mol. The number of esters is 1. The highest BCUT2D eigenvalue weighted by Gasteiger charge is 2.14. The molecule has 0 saturated carbocycles. The summed E-state index contributed by atoms with van der Waals surface area (Å²) in [7, 11) is 1.37. The van der Waals surface area contributed by atoms with Crippen molar-refractivity contribution in [3.8, 4) is 0 Å². The minimum Gasteiger partial charge on any atom is -0.492 e. The van der Waals surface area contributed by atoms with E-state index in [9.17, 15) is 4.79 Å². The van der Waals surface area contributed by atoms with Crippen molar-refractivity contribution in [3.05, 3.63) is 84.1 Å². The standard InChI is InChI=1S/C24H22N2O3.C2H6/c1-16(25-18-12-10-17(11-13-18)24(27)28-2)20-15-22(23-9-5-6-14-29-23)26-21-8-4-3-7-19(20)21;1-2/h3-4,7-13,15,25H,1,5-6,14H2,2H3;1-2H3. The lowest BCUT2D eigenvalue weighted by Crippen LogP contribution is -2.05. The number of pyridine rings is 1. The van der Waals surface area contributed by atoms with Crippen molar-refractivity contribution in [1.29, 1.82) is 0 Å². The number of fused-ring (bicyclic) bond motifs is 1. The van der Waals surface area contributed by atoms with Crippen molar-refractivity contribution in [2.24, 2.45) is 0 Å². The second-order valence-corrected chi connectivity index (χ2v) is 6.80. The van der Waals surface area contributed by atoms with Crippen LogP contribution in [0.3, 0.4) is 0 Å². The summed E-state index contributed by atoms with van der Waals surface area (Å²) in [5, 5.41) is 4.34. The smallest absolute Gasteiger partial charge is 0.337 e. The fraction of sp³-hybridized carbons (Fsp3) is 0.231. The molecular weight excluding hydrogens is 388 g/mol. The number of rotatable bonds is 5. The molecule has 0 fully saturated rings. The van der Waals surface area contributed by atoms with Crippen molar-refractivity contribution in [3.63, 3.8) is 0 Å². The number of carbonyl (C=O) groups excluding carboxylic acids is 1. The van der Waals surface area contributed by atoms with Gasteiger partial charge in [-0.3, -0.25) is 0 Å². The number of hydrogen-bond donors (Lipinski definition) is 1. The van der Waals surface area contributed by atoms with Gasteiger partial charge >= 0.3 is 5.97 Å². The third-order valence-corrected chi connectivity index (χ3v) is 4.83. The summed E-state index contributed by atoms with van der Waals surface area (Å²) in [5.41, 5.74) is 4.73. The van der Waals surface area contributed by atoms with Crippen molar-refractivity contribution >= 4 is 34.0 Å². The normalized spacial score (nSPS) is 12.7. The van der Waals surface area contributed by atoms with Crippen LogP contribution in [0.1, 0.15) is 48.3 Å². The zero-order valence-electron chi connectivity index (χ0n) is 18.3. The zero-order valence-corrected chi connectivity index (χ0v) is 18.3. The highest BCUT2D eigenvalue weighted by molar-refractivity contribution is 5.95. The van der Waals surface area contributed by atoms with Gasteiger partial charge in [-0.15, -0.1) is 0 Å². The van der Waals surface area contributed by atoms with Crippen LogP contribution >= 0.6 is 0 Å². The molecule has 4 rings (SSSR count). The molecule has 0 saturated heterocycles. The molecule has 0 spiro atoms. The highest BCUT2D eigenvalue weighted by atomic mass is 16.5. The lowest BCUT2D eigenvalue weighted by atomic mass is 10.0. The van der Waals surface area contributed by atoms with Crippen molar-refractivity contribution in [2.45, 2.75) is 26.7 Å². The minimum atomic E-state index is -0.360. The molecule has 5 heteroatoms. The Labute approximate surface area is 183 Å². The number of para-hydroxylation sites is 1. The number of methoxy groups -OCH3 is 1. The number of nitrogens with one attached hydrogen (secondary N) is 1. The van der Waals surface area contributed by atoms with E-state index in [1.54, 1.807) is 12.1 Å². The van der Waals surface area contributed by atoms with Gasteiger partial charge in [0.25, 0.3) is 0 Å². The van der Waals surface area contributed by atoms with E-state index in [-0.39, 0.29) is 5.97 Å². The van der Waals surface area contributed by atoms with Crippen LogP contribution in [0.25, 0.3) is 22.4 Å². The topological polar surface area (TPSA) is 60.5 Å². The van der Waals surface area contributed by atoms with Crippen LogP contribution < -0.4 is 5.32 Å². The molecule has 0 radical (unpaired) electrons. The van der Waals surface area contributed by atoms with E-state index >= 15 is 0 Å². The first-order valence-corrected chi connectivity index (χ1v) is 10.5. The molecule has 160 valence electrons. The quantitative estimate of drug-likeness (QED) is 0.496. The Bertz CT molecular complexity index is 1100. The molecule has 2 aromatic carbocycles. The van der Waals surface area contributed by atoms with Gasteiger partial charge in [-0.1, -0.05) is 38.6 Å². The van der Waals surface area contributed by atoms with Gasteiger partial charge in [0, 0.05) is 22.3 Å². The molecule has 1 N–H and O–H groups in total. The van der Waals surface area contributed by atoms with Crippen LogP contribution in [0.4, 0.5) is 5.69 Å². The fourth-order valence-corrected chi connectivity index (χ4v) is 3.34. The molecule has 3 aromatic rings. The maximum Gasteiger partial charge on any atom is 0.337 e. The molecule has 1 aliphatic rings. The molecule has 0 unspecified atom stereocenters. The second kappa shape index (κ2) is 10.4. The SMILES string of the molecule is C=C(Nc1ccc(C(=O)OC)cc1)c1cc(C2=CCCCO2)nc2ccccc12.CC. The average Bonchev–Trinajstić information content (AvgIpc) is 2.85. The number of carbonyl (C=O) groups is 1. The van der Waals surface area contributed by atoms with Crippen LogP contribution in [0.2, 0.25) is 0 Å². The predicted molar refractivity (Wildman–Crippen MR) is 127 cm³/mol. The third-order valence-electron chi connectivity index (χ3n) is 4.83. The molecule has 0 atom stereocenters. The van der Waals surface area contributed by atoms with Gasteiger partial charge in [0.15, 0.2) is 0 Å². The van der Waals surface area contributed by atoms with E-state index in [0.29, 0.717) is 12.2 Å². The Morgan fingerprint density at radius 2 is 1.87 bits per heavy atom. The largest absolute Gasteiger partial charge is 0.492 e. The molecular formula is C26H28N2O3. The van der Waals surface area contributed by atoms with Gasteiger partial charge in [-0.05, 0) is 55.3 Å². The molecule has 31 heavy (non-hydrogen) atoms. The fourth-order valence-electron chi connectivity index (χ4n) is 3.34. The van der Waals surface area contributed by atoms with Gasteiger partial charge < -0.3 is 14.8 Å². The lowest BCUT2D eigenvalue weighted by Gasteiger charge is -2.18. The third kappa shape index (κ3) is 5.12. The van der Waals surface area contributed by atoms with Gasteiger partial charge in [-0.2, -0.15) is 0 Å². The van der Waals surface area contributed by atoms with Gasteiger partial charge in [0.05, 0.1) is 24.8 Å². The molecule has 5 nitrogen and oxygen atoms in total. The number of aromatic nitrogens is 1. The van der Waals surface area contributed by atoms with E-state index < -0.39 is 0 Å². The predicted octanol–water partition coefficient (Wildman–Crippen LogP) is 6.28. The highest BCUT2D eigenvalue weighted by Crippen LogP contribution is 2.29. The van der Waals surface area contributed by atoms with Gasteiger partial charge in [-0.25, -0.2) is 9.78 Å². The maximum absolute atomic E-state index is 11.6. The van der Waals surface area contributed by atoms with Crippen molar-refractivity contribution < 1.29 is 14.3 Å². The number of hydrogen-bond acceptors (Lipinski definition) is 5. The summed E-state index contributed by atoms with van der Waals surface area (Å²) in [5.74, 6) is 0.458. The van der Waals surface area contributed by atoms with E-state index in [1.807, 2.05) is 56.3 Å². The number of nitrogens with zero attached hydrogens (tertiary/aromatic N) is 1.